The van der Waals surface area contributed by atoms with E-state index < -0.39 is 9.84 Å². The summed E-state index contributed by atoms with van der Waals surface area (Å²) in [5, 5.41) is 5.88. The van der Waals surface area contributed by atoms with Crippen LogP contribution >= 0.6 is 0 Å². The van der Waals surface area contributed by atoms with Crippen molar-refractivity contribution in [3.8, 4) is 0 Å². The Balaban J connectivity index is 1.49. The summed E-state index contributed by atoms with van der Waals surface area (Å²) < 4.78 is 23.0. The van der Waals surface area contributed by atoms with Gasteiger partial charge in [0.25, 0.3) is 0 Å². The number of carbonyl (C=O) groups excluding carboxylic acids is 1. The number of nitrogens with zero attached hydrogens (tertiary/aromatic N) is 1. The first-order valence-electron chi connectivity index (χ1n) is 9.05. The zero-order valence-corrected chi connectivity index (χ0v) is 16.2. The number of urea groups is 1. The Labute approximate surface area is 160 Å². The minimum absolute atomic E-state index is 0.103. The standard InChI is InChI=1S/C20H25N3O3S/c1-27(25,26)19-11-9-16(10-12-19)14-21-20(24)22-17-6-5-13-23(15-17)18-7-3-2-4-8-18/h2-4,7-12,17H,5-6,13-15H2,1H3,(H2,21,22,24). The molecule has 144 valence electrons. The van der Waals surface area contributed by atoms with Crippen molar-refractivity contribution in [3.63, 3.8) is 0 Å². The lowest BCUT2D eigenvalue weighted by Gasteiger charge is -2.34. The van der Waals surface area contributed by atoms with Gasteiger partial charge in [-0.05, 0) is 42.7 Å². The van der Waals surface area contributed by atoms with Crippen LogP contribution in [0, 0.1) is 0 Å². The molecule has 1 fully saturated rings. The molecule has 2 aromatic carbocycles. The molecule has 1 saturated heterocycles. The fourth-order valence-electron chi connectivity index (χ4n) is 3.24. The maximum Gasteiger partial charge on any atom is 0.315 e. The molecule has 1 unspecified atom stereocenters. The van der Waals surface area contributed by atoms with Crippen molar-refractivity contribution in [1.82, 2.24) is 10.6 Å². The van der Waals surface area contributed by atoms with Gasteiger partial charge in [0.15, 0.2) is 9.84 Å². The number of benzene rings is 2. The summed E-state index contributed by atoms with van der Waals surface area (Å²) in [6.07, 6.45) is 3.17. The van der Waals surface area contributed by atoms with Gasteiger partial charge in [-0.3, -0.25) is 0 Å². The molecule has 2 amide bonds. The van der Waals surface area contributed by atoms with Gasteiger partial charge in [-0.15, -0.1) is 0 Å². The average molecular weight is 388 g/mol. The minimum atomic E-state index is -3.20. The second kappa shape index (κ2) is 8.43. The third-order valence-corrected chi connectivity index (χ3v) is 5.81. The first-order chi connectivity index (χ1) is 12.9. The van der Waals surface area contributed by atoms with E-state index in [1.165, 1.54) is 11.9 Å². The summed E-state index contributed by atoms with van der Waals surface area (Å²) in [7, 11) is -3.20. The molecule has 3 rings (SSSR count). The maximum atomic E-state index is 12.2. The van der Waals surface area contributed by atoms with Crippen LogP contribution in [0.25, 0.3) is 0 Å². The van der Waals surface area contributed by atoms with Crippen LogP contribution in [0.2, 0.25) is 0 Å². The SMILES string of the molecule is CS(=O)(=O)c1ccc(CNC(=O)NC2CCCN(c3ccccc3)C2)cc1. The molecule has 7 heteroatoms. The highest BCUT2D eigenvalue weighted by Gasteiger charge is 2.21. The maximum absolute atomic E-state index is 12.2. The van der Waals surface area contributed by atoms with Gasteiger partial charge >= 0.3 is 6.03 Å². The Morgan fingerprint density at radius 3 is 2.48 bits per heavy atom. The molecule has 1 atom stereocenters. The van der Waals surface area contributed by atoms with Crippen molar-refractivity contribution in [2.24, 2.45) is 0 Å². The van der Waals surface area contributed by atoms with E-state index in [2.05, 4.69) is 27.7 Å². The molecule has 2 N–H and O–H groups in total. The van der Waals surface area contributed by atoms with E-state index in [-0.39, 0.29) is 17.0 Å². The number of piperidine rings is 1. The van der Waals surface area contributed by atoms with Crippen molar-refractivity contribution in [1.29, 1.82) is 0 Å². The van der Waals surface area contributed by atoms with E-state index in [4.69, 9.17) is 0 Å². The number of hydrogen-bond donors (Lipinski definition) is 2. The highest BCUT2D eigenvalue weighted by atomic mass is 32.2. The van der Waals surface area contributed by atoms with Crippen LogP contribution in [0.1, 0.15) is 18.4 Å². The number of rotatable bonds is 5. The van der Waals surface area contributed by atoms with Gasteiger partial charge in [-0.2, -0.15) is 0 Å². The molecule has 27 heavy (non-hydrogen) atoms. The van der Waals surface area contributed by atoms with E-state index in [0.29, 0.717) is 6.54 Å². The minimum Gasteiger partial charge on any atom is -0.369 e. The molecule has 6 nitrogen and oxygen atoms in total. The predicted molar refractivity (Wildman–Crippen MR) is 107 cm³/mol. The number of amides is 2. The molecule has 0 aliphatic carbocycles. The van der Waals surface area contributed by atoms with E-state index in [9.17, 15) is 13.2 Å². The summed E-state index contributed by atoms with van der Waals surface area (Å²) >= 11 is 0. The molecule has 0 spiro atoms. The van der Waals surface area contributed by atoms with Gasteiger partial charge in [0.1, 0.15) is 0 Å². The molecule has 0 aromatic heterocycles. The van der Waals surface area contributed by atoms with Gasteiger partial charge in [0, 0.05) is 37.6 Å². The number of nitrogens with one attached hydrogen (secondary N) is 2. The van der Waals surface area contributed by atoms with Crippen LogP contribution in [0.3, 0.4) is 0 Å². The Morgan fingerprint density at radius 2 is 1.81 bits per heavy atom. The molecule has 1 aliphatic rings. The van der Waals surface area contributed by atoms with Gasteiger partial charge < -0.3 is 15.5 Å². The fourth-order valence-corrected chi connectivity index (χ4v) is 3.87. The lowest BCUT2D eigenvalue weighted by molar-refractivity contribution is 0.234. The number of para-hydroxylation sites is 1. The topological polar surface area (TPSA) is 78.5 Å². The van der Waals surface area contributed by atoms with Crippen LogP contribution in [0.5, 0.6) is 0 Å². The normalized spacial score (nSPS) is 17.4. The Kier molecular flexibility index (Phi) is 6.01. The highest BCUT2D eigenvalue weighted by Crippen LogP contribution is 2.19. The monoisotopic (exact) mass is 387 g/mol. The average Bonchev–Trinajstić information content (AvgIpc) is 2.67. The van der Waals surface area contributed by atoms with Gasteiger partial charge in [0.05, 0.1) is 4.90 Å². The molecule has 1 aliphatic heterocycles. The van der Waals surface area contributed by atoms with Crippen molar-refractivity contribution in [3.05, 3.63) is 60.2 Å². The summed E-state index contributed by atoms with van der Waals surface area (Å²) in [4.78, 5) is 14.8. The Hall–Kier alpha value is -2.54. The second-order valence-corrected chi connectivity index (χ2v) is 8.88. The van der Waals surface area contributed by atoms with Crippen molar-refractivity contribution < 1.29 is 13.2 Å². The van der Waals surface area contributed by atoms with Crippen LogP contribution < -0.4 is 15.5 Å². The first kappa shape index (κ1) is 19.2. The number of carbonyl (C=O) groups is 1. The van der Waals surface area contributed by atoms with E-state index in [1.54, 1.807) is 24.3 Å². The molecule has 0 radical (unpaired) electrons. The Bertz CT molecular complexity index is 867. The van der Waals surface area contributed by atoms with Crippen molar-refractivity contribution in [2.75, 3.05) is 24.2 Å². The number of hydrogen-bond acceptors (Lipinski definition) is 4. The lowest BCUT2D eigenvalue weighted by atomic mass is 10.1. The third kappa shape index (κ3) is 5.47. The van der Waals surface area contributed by atoms with Crippen molar-refractivity contribution in [2.45, 2.75) is 30.3 Å². The van der Waals surface area contributed by atoms with Crippen molar-refractivity contribution >= 4 is 21.6 Å². The first-order valence-corrected chi connectivity index (χ1v) is 10.9. The van der Waals surface area contributed by atoms with Crippen LogP contribution in [0.4, 0.5) is 10.5 Å². The largest absolute Gasteiger partial charge is 0.369 e. The second-order valence-electron chi connectivity index (χ2n) is 6.86. The zero-order valence-electron chi connectivity index (χ0n) is 15.4. The van der Waals surface area contributed by atoms with Gasteiger partial charge in [0.2, 0.25) is 0 Å². The van der Waals surface area contributed by atoms with Crippen LogP contribution in [-0.2, 0) is 16.4 Å². The number of anilines is 1. The molecular weight excluding hydrogens is 362 g/mol. The molecule has 0 saturated carbocycles. The zero-order chi connectivity index (χ0) is 19.3. The highest BCUT2D eigenvalue weighted by molar-refractivity contribution is 7.90. The fraction of sp³-hybridized carbons (Fsp3) is 0.350. The van der Waals surface area contributed by atoms with Crippen LogP contribution in [-0.4, -0.2) is 39.8 Å². The summed E-state index contributed by atoms with van der Waals surface area (Å²) in [6, 6.07) is 16.7. The number of sulfone groups is 1. The van der Waals surface area contributed by atoms with E-state index >= 15 is 0 Å². The molecule has 1 heterocycles. The van der Waals surface area contributed by atoms with E-state index in [1.807, 2.05) is 18.2 Å². The van der Waals surface area contributed by atoms with Crippen LogP contribution in [0.15, 0.2) is 59.5 Å². The summed E-state index contributed by atoms with van der Waals surface area (Å²) in [5.41, 5.74) is 2.03. The smallest absolute Gasteiger partial charge is 0.315 e. The summed E-state index contributed by atoms with van der Waals surface area (Å²) in [5.74, 6) is 0. The molecule has 0 bridgehead atoms. The molecule has 2 aromatic rings. The summed E-state index contributed by atoms with van der Waals surface area (Å²) in [6.45, 7) is 2.14. The lowest BCUT2D eigenvalue weighted by Crippen LogP contribution is -2.50. The van der Waals surface area contributed by atoms with Gasteiger partial charge in [-0.25, -0.2) is 13.2 Å². The van der Waals surface area contributed by atoms with E-state index in [0.717, 1.165) is 31.5 Å². The third-order valence-electron chi connectivity index (χ3n) is 4.68. The van der Waals surface area contributed by atoms with Gasteiger partial charge in [-0.1, -0.05) is 30.3 Å². The molecular formula is C20H25N3O3S. The quantitative estimate of drug-likeness (QED) is 0.826. The Morgan fingerprint density at radius 1 is 1.11 bits per heavy atom. The predicted octanol–water partition coefficient (Wildman–Crippen LogP) is 2.56.